The van der Waals surface area contributed by atoms with E-state index >= 15 is 0 Å². The summed E-state index contributed by atoms with van der Waals surface area (Å²) in [7, 11) is 0. The summed E-state index contributed by atoms with van der Waals surface area (Å²) < 4.78 is 0. The van der Waals surface area contributed by atoms with E-state index in [1.165, 1.54) is 19.3 Å². The van der Waals surface area contributed by atoms with Gasteiger partial charge in [-0.25, -0.2) is 4.79 Å². The maximum atomic E-state index is 12.2. The van der Waals surface area contributed by atoms with Gasteiger partial charge in [0.25, 0.3) is 0 Å². The van der Waals surface area contributed by atoms with Crippen molar-refractivity contribution in [1.82, 2.24) is 10.2 Å². The smallest absolute Gasteiger partial charge is 0.317 e. The predicted octanol–water partition coefficient (Wildman–Crippen LogP) is 2.46. The topological polar surface area (TPSA) is 69.6 Å². The number of urea groups is 1. The minimum atomic E-state index is -0.830. The van der Waals surface area contributed by atoms with Crippen molar-refractivity contribution < 1.29 is 14.7 Å². The first-order chi connectivity index (χ1) is 8.84. The first-order valence-corrected chi connectivity index (χ1v) is 7.13. The van der Waals surface area contributed by atoms with Crippen LogP contribution in [0.25, 0.3) is 0 Å². The largest absolute Gasteiger partial charge is 0.481 e. The summed E-state index contributed by atoms with van der Waals surface area (Å²) >= 11 is 0. The van der Waals surface area contributed by atoms with Crippen LogP contribution in [0.15, 0.2) is 0 Å². The van der Waals surface area contributed by atoms with Crippen LogP contribution in [0.3, 0.4) is 0 Å². The number of amides is 2. The Morgan fingerprint density at radius 2 is 2.00 bits per heavy atom. The van der Waals surface area contributed by atoms with Gasteiger partial charge in [-0.1, -0.05) is 6.42 Å². The quantitative estimate of drug-likeness (QED) is 0.746. The highest BCUT2D eigenvalue weighted by Crippen LogP contribution is 2.27. The van der Waals surface area contributed by atoms with Crippen LogP contribution in [0.5, 0.6) is 0 Å². The minimum Gasteiger partial charge on any atom is -0.481 e. The second-order valence-electron chi connectivity index (χ2n) is 6.04. The van der Waals surface area contributed by atoms with Gasteiger partial charge in [0.15, 0.2) is 0 Å². The molecule has 5 nitrogen and oxygen atoms in total. The van der Waals surface area contributed by atoms with E-state index in [9.17, 15) is 9.59 Å². The number of aliphatic carboxylic acids is 1. The lowest BCUT2D eigenvalue weighted by molar-refractivity contribution is -0.137. The van der Waals surface area contributed by atoms with E-state index in [-0.39, 0.29) is 12.5 Å². The molecular weight excluding hydrogens is 244 g/mol. The van der Waals surface area contributed by atoms with Gasteiger partial charge in [-0.05, 0) is 46.0 Å². The molecule has 0 aromatic rings. The number of carboxylic acid groups (broad SMARTS) is 1. The molecule has 0 bridgehead atoms. The molecule has 5 heteroatoms. The molecular formula is C14H26N2O3. The summed E-state index contributed by atoms with van der Waals surface area (Å²) in [4.78, 5) is 24.6. The van der Waals surface area contributed by atoms with E-state index in [2.05, 4.69) is 5.32 Å². The van der Waals surface area contributed by atoms with Gasteiger partial charge in [0.05, 0.1) is 0 Å². The fourth-order valence-electron chi connectivity index (χ4n) is 2.19. The molecule has 19 heavy (non-hydrogen) atoms. The Labute approximate surface area is 115 Å². The van der Waals surface area contributed by atoms with Gasteiger partial charge in [-0.2, -0.15) is 0 Å². The lowest BCUT2D eigenvalue weighted by Crippen LogP contribution is -2.51. The Bertz CT molecular complexity index is 325. The maximum absolute atomic E-state index is 12.2. The maximum Gasteiger partial charge on any atom is 0.317 e. The van der Waals surface area contributed by atoms with Gasteiger partial charge >= 0.3 is 12.0 Å². The lowest BCUT2D eigenvalue weighted by Gasteiger charge is -2.34. The van der Waals surface area contributed by atoms with Crippen molar-refractivity contribution in [2.24, 2.45) is 5.92 Å². The number of hydrogen-bond acceptors (Lipinski definition) is 2. The van der Waals surface area contributed by atoms with Gasteiger partial charge in [-0.3, -0.25) is 4.79 Å². The second-order valence-corrected chi connectivity index (χ2v) is 6.04. The first kappa shape index (κ1) is 15.8. The van der Waals surface area contributed by atoms with Crippen LogP contribution in [0, 0.1) is 5.92 Å². The van der Waals surface area contributed by atoms with Crippen LogP contribution in [-0.4, -0.2) is 40.6 Å². The monoisotopic (exact) mass is 270 g/mol. The summed E-state index contributed by atoms with van der Waals surface area (Å²) in [5.41, 5.74) is -0.484. The molecule has 2 amide bonds. The van der Waals surface area contributed by atoms with Crippen LogP contribution >= 0.6 is 0 Å². The lowest BCUT2D eigenvalue weighted by atomic mass is 9.85. The molecule has 0 unspecified atom stereocenters. The van der Waals surface area contributed by atoms with E-state index in [1.807, 2.05) is 25.7 Å². The van der Waals surface area contributed by atoms with E-state index in [0.717, 1.165) is 6.54 Å². The van der Waals surface area contributed by atoms with E-state index in [0.29, 0.717) is 18.9 Å². The van der Waals surface area contributed by atoms with Gasteiger partial charge in [0.1, 0.15) is 0 Å². The number of carboxylic acids is 1. The van der Waals surface area contributed by atoms with E-state index in [1.54, 1.807) is 0 Å². The molecule has 0 heterocycles. The van der Waals surface area contributed by atoms with Crippen LogP contribution in [0.4, 0.5) is 4.79 Å². The molecule has 0 saturated heterocycles. The third-order valence-corrected chi connectivity index (χ3v) is 3.78. The fraction of sp³-hybridized carbons (Fsp3) is 0.857. The van der Waals surface area contributed by atoms with E-state index < -0.39 is 11.5 Å². The van der Waals surface area contributed by atoms with Crippen molar-refractivity contribution in [2.75, 3.05) is 13.1 Å². The molecule has 0 aliphatic heterocycles. The highest BCUT2D eigenvalue weighted by molar-refractivity contribution is 5.75. The summed E-state index contributed by atoms with van der Waals surface area (Å²) in [6, 6.07) is -0.0789. The number of hydrogen-bond donors (Lipinski definition) is 2. The third-order valence-electron chi connectivity index (χ3n) is 3.78. The molecule has 0 radical (unpaired) electrons. The highest BCUT2D eigenvalue weighted by atomic mass is 16.4. The highest BCUT2D eigenvalue weighted by Gasteiger charge is 2.27. The number of carbonyl (C=O) groups is 2. The van der Waals surface area contributed by atoms with Gasteiger partial charge in [-0.15, -0.1) is 0 Å². The Morgan fingerprint density at radius 1 is 1.37 bits per heavy atom. The zero-order chi connectivity index (χ0) is 14.5. The SMILES string of the molecule is CCN(CC1CCC1)C(=O)NC(C)(C)CCC(=O)O. The third kappa shape index (κ3) is 5.49. The standard InChI is InChI=1S/C14H26N2O3/c1-4-16(10-11-6-5-7-11)13(19)15-14(2,3)9-8-12(17)18/h11H,4-10H2,1-3H3,(H,15,19)(H,17,18). The fourth-order valence-corrected chi connectivity index (χ4v) is 2.19. The summed E-state index contributed by atoms with van der Waals surface area (Å²) in [6.45, 7) is 7.22. The molecule has 1 fully saturated rings. The number of nitrogens with zero attached hydrogens (tertiary/aromatic N) is 1. The average Bonchev–Trinajstić information content (AvgIpc) is 2.24. The summed E-state index contributed by atoms with van der Waals surface area (Å²) in [6.07, 6.45) is 4.21. The molecule has 0 atom stereocenters. The predicted molar refractivity (Wildman–Crippen MR) is 74.1 cm³/mol. The second kappa shape index (κ2) is 6.78. The Morgan fingerprint density at radius 3 is 2.42 bits per heavy atom. The number of nitrogens with one attached hydrogen (secondary N) is 1. The molecule has 0 aromatic carbocycles. The molecule has 1 aliphatic carbocycles. The van der Waals surface area contributed by atoms with Crippen molar-refractivity contribution in [1.29, 1.82) is 0 Å². The van der Waals surface area contributed by atoms with E-state index in [4.69, 9.17) is 5.11 Å². The van der Waals surface area contributed by atoms with Gasteiger partial charge in [0, 0.05) is 25.0 Å². The van der Waals surface area contributed by atoms with Crippen LogP contribution < -0.4 is 5.32 Å². The van der Waals surface area contributed by atoms with Crippen molar-refractivity contribution in [3.63, 3.8) is 0 Å². The summed E-state index contributed by atoms with van der Waals surface area (Å²) in [5, 5.41) is 11.6. The summed E-state index contributed by atoms with van der Waals surface area (Å²) in [5.74, 6) is -0.183. The number of carbonyl (C=O) groups excluding carboxylic acids is 1. The first-order valence-electron chi connectivity index (χ1n) is 7.13. The van der Waals surface area contributed by atoms with Crippen LogP contribution in [-0.2, 0) is 4.79 Å². The van der Waals surface area contributed by atoms with Crippen molar-refractivity contribution in [3.8, 4) is 0 Å². The molecule has 0 spiro atoms. The molecule has 1 rings (SSSR count). The zero-order valence-corrected chi connectivity index (χ0v) is 12.2. The Hall–Kier alpha value is -1.26. The van der Waals surface area contributed by atoms with Crippen molar-refractivity contribution >= 4 is 12.0 Å². The minimum absolute atomic E-state index is 0.0715. The molecule has 1 aliphatic rings. The molecule has 2 N–H and O–H groups in total. The van der Waals surface area contributed by atoms with Crippen LogP contribution in [0.2, 0.25) is 0 Å². The number of rotatable bonds is 7. The zero-order valence-electron chi connectivity index (χ0n) is 12.2. The normalized spacial score (nSPS) is 15.7. The van der Waals surface area contributed by atoms with Crippen molar-refractivity contribution in [2.45, 2.75) is 58.4 Å². The molecule has 0 aromatic heterocycles. The average molecular weight is 270 g/mol. The Kier molecular flexibility index (Phi) is 5.63. The van der Waals surface area contributed by atoms with Crippen molar-refractivity contribution in [3.05, 3.63) is 0 Å². The van der Waals surface area contributed by atoms with Gasteiger partial charge < -0.3 is 15.3 Å². The molecule has 110 valence electrons. The molecule has 1 saturated carbocycles. The Balaban J connectivity index is 2.42. The van der Waals surface area contributed by atoms with Gasteiger partial charge in [0.2, 0.25) is 0 Å². The van der Waals surface area contributed by atoms with Crippen LogP contribution in [0.1, 0.15) is 52.9 Å².